The fraction of sp³-hybridized carbons (Fsp3) is 0.172. The van der Waals surface area contributed by atoms with Gasteiger partial charge in [-0.15, -0.1) is 0 Å². The summed E-state index contributed by atoms with van der Waals surface area (Å²) in [6.45, 7) is 0. The van der Waals surface area contributed by atoms with Gasteiger partial charge in [0.1, 0.15) is 5.75 Å². The molecule has 1 aliphatic heterocycles. The molecule has 6 nitrogen and oxygen atoms in total. The van der Waals surface area contributed by atoms with Gasteiger partial charge in [-0.1, -0.05) is 41.7 Å². The van der Waals surface area contributed by atoms with Crippen molar-refractivity contribution in [3.63, 3.8) is 0 Å². The van der Waals surface area contributed by atoms with Crippen molar-refractivity contribution < 1.29 is 14.6 Å². The molecule has 192 valence electrons. The van der Waals surface area contributed by atoms with E-state index in [2.05, 4.69) is 50.1 Å². The SMILES string of the molecule is COc1ccc([C@H]2C3=C(N=c4s/c(=C\c5cc(Br)c(O)c(Br)c5)c(=O)n42)c2ccccc2CC3)cc1OC. The minimum absolute atomic E-state index is 0.112. The molecule has 1 atom stereocenters. The van der Waals surface area contributed by atoms with Crippen molar-refractivity contribution in [1.82, 2.24) is 4.57 Å². The number of rotatable bonds is 4. The third-order valence-corrected chi connectivity index (χ3v) is 9.13. The average molecular weight is 654 g/mol. The topological polar surface area (TPSA) is 73.0 Å². The van der Waals surface area contributed by atoms with Crippen LogP contribution in [-0.4, -0.2) is 23.9 Å². The highest BCUT2D eigenvalue weighted by molar-refractivity contribution is 9.11. The van der Waals surface area contributed by atoms with Crippen LogP contribution in [-0.2, 0) is 6.42 Å². The highest BCUT2D eigenvalue weighted by atomic mass is 79.9. The molecule has 0 unspecified atom stereocenters. The van der Waals surface area contributed by atoms with Crippen LogP contribution in [0.25, 0.3) is 11.8 Å². The third-order valence-electron chi connectivity index (χ3n) is 6.93. The van der Waals surface area contributed by atoms with Gasteiger partial charge in [-0.25, -0.2) is 4.99 Å². The number of phenols is 1. The maximum Gasteiger partial charge on any atom is 0.271 e. The molecule has 1 aromatic heterocycles. The number of phenolic OH excluding ortho intramolecular Hbond substituents is 1. The molecule has 0 spiro atoms. The molecule has 2 heterocycles. The van der Waals surface area contributed by atoms with Gasteiger partial charge >= 0.3 is 0 Å². The smallest absolute Gasteiger partial charge is 0.271 e. The van der Waals surface area contributed by atoms with Gasteiger partial charge in [-0.3, -0.25) is 9.36 Å². The van der Waals surface area contributed by atoms with Crippen LogP contribution in [0.4, 0.5) is 0 Å². The number of aromatic hydroxyl groups is 1. The molecular formula is C29H22Br2N2O4S. The predicted octanol–water partition coefficient (Wildman–Crippen LogP) is 5.57. The van der Waals surface area contributed by atoms with E-state index in [0.29, 0.717) is 29.8 Å². The van der Waals surface area contributed by atoms with Crippen LogP contribution in [0.1, 0.15) is 34.7 Å². The highest BCUT2D eigenvalue weighted by Gasteiger charge is 2.33. The van der Waals surface area contributed by atoms with Gasteiger partial charge in [0.15, 0.2) is 16.3 Å². The molecular weight excluding hydrogens is 632 g/mol. The van der Waals surface area contributed by atoms with Crippen LogP contribution in [0.2, 0.25) is 0 Å². The molecule has 0 bridgehead atoms. The number of thiazole rings is 1. The van der Waals surface area contributed by atoms with Gasteiger partial charge in [-0.05, 0) is 97.3 Å². The normalized spacial score (nSPS) is 16.4. The molecule has 0 radical (unpaired) electrons. The number of fused-ring (bicyclic) bond motifs is 3. The van der Waals surface area contributed by atoms with E-state index >= 15 is 0 Å². The van der Waals surface area contributed by atoms with Crippen molar-refractivity contribution in [1.29, 1.82) is 0 Å². The number of ether oxygens (including phenoxy) is 2. The van der Waals surface area contributed by atoms with Crippen LogP contribution in [0, 0.1) is 0 Å². The molecule has 1 N–H and O–H groups in total. The van der Waals surface area contributed by atoms with E-state index in [-0.39, 0.29) is 17.4 Å². The van der Waals surface area contributed by atoms with E-state index in [1.54, 1.807) is 30.9 Å². The lowest BCUT2D eigenvalue weighted by Crippen LogP contribution is -2.38. The number of aromatic nitrogens is 1. The summed E-state index contributed by atoms with van der Waals surface area (Å²) in [5, 5.41) is 10.1. The Labute approximate surface area is 239 Å². The summed E-state index contributed by atoms with van der Waals surface area (Å²) in [7, 11) is 3.22. The summed E-state index contributed by atoms with van der Waals surface area (Å²) in [5.41, 5.74) is 6.04. The van der Waals surface area contributed by atoms with Crippen molar-refractivity contribution in [2.75, 3.05) is 14.2 Å². The van der Waals surface area contributed by atoms with Gasteiger partial charge in [0, 0.05) is 5.56 Å². The predicted molar refractivity (Wildman–Crippen MR) is 156 cm³/mol. The van der Waals surface area contributed by atoms with Crippen molar-refractivity contribution in [2.45, 2.75) is 18.9 Å². The zero-order valence-corrected chi connectivity index (χ0v) is 24.5. The largest absolute Gasteiger partial charge is 0.506 e. The van der Waals surface area contributed by atoms with Gasteiger partial charge in [0.05, 0.1) is 39.4 Å². The third kappa shape index (κ3) is 4.13. The second kappa shape index (κ2) is 9.87. The van der Waals surface area contributed by atoms with Crippen molar-refractivity contribution in [3.05, 3.63) is 111 Å². The van der Waals surface area contributed by atoms with E-state index in [0.717, 1.165) is 40.8 Å². The Bertz CT molecular complexity index is 1800. The molecule has 3 aromatic carbocycles. The number of nitrogens with zero attached hydrogens (tertiary/aromatic N) is 2. The molecule has 0 fully saturated rings. The summed E-state index contributed by atoms with van der Waals surface area (Å²) in [6.07, 6.45) is 3.52. The Hall–Kier alpha value is -3.14. The summed E-state index contributed by atoms with van der Waals surface area (Å²) < 4.78 is 14.5. The minimum atomic E-state index is -0.324. The van der Waals surface area contributed by atoms with Crippen LogP contribution >= 0.6 is 43.2 Å². The Balaban J connectivity index is 1.62. The molecule has 1 aliphatic carbocycles. The summed E-state index contributed by atoms with van der Waals surface area (Å²) in [5.74, 6) is 1.36. The maximum atomic E-state index is 14.0. The van der Waals surface area contributed by atoms with E-state index < -0.39 is 0 Å². The molecule has 0 saturated carbocycles. The second-order valence-electron chi connectivity index (χ2n) is 9.06. The number of hydrogen-bond donors (Lipinski definition) is 1. The molecule has 2 aliphatic rings. The zero-order valence-electron chi connectivity index (χ0n) is 20.5. The number of benzene rings is 3. The molecule has 0 saturated heterocycles. The van der Waals surface area contributed by atoms with Gasteiger partial charge in [0.2, 0.25) is 0 Å². The average Bonchev–Trinajstić information content (AvgIpc) is 3.24. The molecule has 0 amide bonds. The number of hydrogen-bond acceptors (Lipinski definition) is 6. The Morgan fingerprint density at radius 1 is 1.03 bits per heavy atom. The standard InChI is InChI=1S/C29H22Br2N2O4S/c1-36-22-10-8-17(14-23(22)37-2)26-19-9-7-16-5-3-4-6-18(16)25(19)32-29-33(26)28(35)24(38-29)13-15-11-20(30)27(34)21(31)12-15/h3-6,8,10-14,26,34H,7,9H2,1-2H3/b24-13-/t26-/m0/s1. The van der Waals surface area contributed by atoms with Crippen LogP contribution in [0.3, 0.4) is 0 Å². The van der Waals surface area contributed by atoms with Crippen LogP contribution < -0.4 is 24.4 Å². The van der Waals surface area contributed by atoms with Gasteiger partial charge in [0.25, 0.3) is 5.56 Å². The fourth-order valence-corrected chi connectivity index (χ4v) is 7.39. The highest BCUT2D eigenvalue weighted by Crippen LogP contribution is 2.43. The maximum absolute atomic E-state index is 14.0. The first-order valence-electron chi connectivity index (χ1n) is 11.9. The van der Waals surface area contributed by atoms with E-state index in [1.807, 2.05) is 30.3 Å². The Morgan fingerprint density at radius 3 is 2.50 bits per heavy atom. The lowest BCUT2D eigenvalue weighted by Gasteiger charge is -2.31. The molecule has 6 rings (SSSR count). The van der Waals surface area contributed by atoms with E-state index in [9.17, 15) is 9.90 Å². The quantitative estimate of drug-likeness (QED) is 0.313. The number of allylic oxidation sites excluding steroid dienone is 1. The zero-order chi connectivity index (χ0) is 26.6. The lowest BCUT2D eigenvalue weighted by atomic mass is 9.83. The number of aryl methyl sites for hydroxylation is 1. The van der Waals surface area contributed by atoms with Crippen LogP contribution in [0.15, 0.2) is 78.9 Å². The van der Waals surface area contributed by atoms with E-state index in [4.69, 9.17) is 14.5 Å². The van der Waals surface area contributed by atoms with Crippen molar-refractivity contribution in [3.8, 4) is 17.2 Å². The van der Waals surface area contributed by atoms with Crippen LogP contribution in [0.5, 0.6) is 17.2 Å². The van der Waals surface area contributed by atoms with Gasteiger partial charge in [-0.2, -0.15) is 0 Å². The number of methoxy groups -OCH3 is 2. The molecule has 38 heavy (non-hydrogen) atoms. The minimum Gasteiger partial charge on any atom is -0.506 e. The number of halogens is 2. The monoisotopic (exact) mass is 652 g/mol. The molecule has 9 heteroatoms. The first kappa shape index (κ1) is 25.2. The van der Waals surface area contributed by atoms with Crippen molar-refractivity contribution >= 4 is 55.0 Å². The first-order valence-corrected chi connectivity index (χ1v) is 14.3. The summed E-state index contributed by atoms with van der Waals surface area (Å²) >= 11 is 8.13. The second-order valence-corrected chi connectivity index (χ2v) is 11.8. The molecule has 4 aromatic rings. The summed E-state index contributed by atoms with van der Waals surface area (Å²) in [4.78, 5) is 19.7. The van der Waals surface area contributed by atoms with Crippen molar-refractivity contribution in [2.24, 2.45) is 4.99 Å². The fourth-order valence-electron chi connectivity index (χ4n) is 5.17. The lowest BCUT2D eigenvalue weighted by molar-refractivity contribution is 0.354. The van der Waals surface area contributed by atoms with E-state index in [1.165, 1.54) is 16.9 Å². The summed E-state index contributed by atoms with van der Waals surface area (Å²) in [6, 6.07) is 17.4. The van der Waals surface area contributed by atoms with Gasteiger partial charge < -0.3 is 14.6 Å². The Kier molecular flexibility index (Phi) is 6.53. The Morgan fingerprint density at radius 2 is 1.76 bits per heavy atom. The first-order chi connectivity index (χ1) is 18.4.